The number of nitrogens with zero attached hydrogens (tertiary/aromatic N) is 7. The number of carbonyl (C=O) groups excluding carboxylic acids is 4. The highest BCUT2D eigenvalue weighted by atomic mass is 28.4. The molecule has 5 heterocycles. The number of carbonyl (C=O) groups is 4. The molecule has 6 aromatic carbocycles. The largest absolute Gasteiger partial charge is 0.541 e. The molecule has 6 aromatic rings. The van der Waals surface area contributed by atoms with Crippen molar-refractivity contribution in [3.05, 3.63) is 178 Å². The van der Waals surface area contributed by atoms with E-state index in [0.717, 1.165) is 82.5 Å². The van der Waals surface area contributed by atoms with Gasteiger partial charge in [-0.2, -0.15) is 0 Å². The second-order valence-corrected chi connectivity index (χ2v) is 29.5. The molecule has 2 atom stereocenters. The molecule has 1 N–H and O–H groups in total. The van der Waals surface area contributed by atoms with Gasteiger partial charge >= 0.3 is 0 Å². The number of fused-ring (bicyclic) bond motifs is 2. The first-order valence-corrected chi connectivity index (χ1v) is 34.7. The zero-order valence-electron chi connectivity index (χ0n) is 54.7. The van der Waals surface area contributed by atoms with Crippen LogP contribution in [0.2, 0.25) is 18.1 Å². The molecule has 5 aliphatic rings. The van der Waals surface area contributed by atoms with Gasteiger partial charge in [0.25, 0.3) is 31.9 Å². The maximum Gasteiger partial charge on any atom is 0.263 e. The van der Waals surface area contributed by atoms with E-state index in [0.29, 0.717) is 57.1 Å². The summed E-state index contributed by atoms with van der Waals surface area (Å²) in [5.41, 5.74) is 7.69. The summed E-state index contributed by atoms with van der Waals surface area (Å²) in [5, 5.41) is 9.90. The predicted molar refractivity (Wildman–Crippen MR) is 358 cm³/mol. The van der Waals surface area contributed by atoms with Crippen molar-refractivity contribution in [3.63, 3.8) is 0 Å². The molecule has 89 heavy (non-hydrogen) atoms. The van der Waals surface area contributed by atoms with Gasteiger partial charge in [0.15, 0.2) is 17.2 Å². The van der Waals surface area contributed by atoms with Gasteiger partial charge in [-0.15, -0.1) is 0 Å². The zero-order chi connectivity index (χ0) is 64.0. The van der Waals surface area contributed by atoms with E-state index in [1.807, 2.05) is 54.6 Å². The molecule has 5 aliphatic heterocycles. The lowest BCUT2D eigenvalue weighted by Gasteiger charge is -2.39. The van der Waals surface area contributed by atoms with Crippen molar-refractivity contribution in [2.75, 3.05) is 109 Å². The molecule has 17 heteroatoms. The molecule has 3 fully saturated rings. The summed E-state index contributed by atoms with van der Waals surface area (Å²) in [6.07, 6.45) is 2.56. The molecule has 4 amide bonds. The molecule has 0 radical (unpaired) electrons. The van der Waals surface area contributed by atoms with E-state index in [1.165, 1.54) is 66.6 Å². The van der Waals surface area contributed by atoms with E-state index < -0.39 is 8.32 Å². The van der Waals surface area contributed by atoms with Gasteiger partial charge < -0.3 is 38.4 Å². The van der Waals surface area contributed by atoms with E-state index >= 15 is 0 Å². The van der Waals surface area contributed by atoms with Crippen molar-refractivity contribution in [3.8, 4) is 23.0 Å². The number of hydrogen-bond acceptors (Lipinski definition) is 14. The van der Waals surface area contributed by atoms with Gasteiger partial charge in [0.1, 0.15) is 5.75 Å². The molecule has 11 rings (SSSR count). The minimum absolute atomic E-state index is 0.0154. The average molecular weight is 1230 g/mol. The van der Waals surface area contributed by atoms with Crippen LogP contribution in [0.3, 0.4) is 0 Å². The minimum Gasteiger partial charge on any atom is -0.541 e. The number of anilines is 2. The normalized spacial score (nSPS) is 16.8. The van der Waals surface area contributed by atoms with Crippen molar-refractivity contribution in [1.82, 2.24) is 24.5 Å². The van der Waals surface area contributed by atoms with Gasteiger partial charge in [0.2, 0.25) is 0 Å². The second-order valence-electron chi connectivity index (χ2n) is 24.8. The lowest BCUT2D eigenvalue weighted by Crippen LogP contribution is -2.47. The number of amides is 4. The number of rotatable bonds is 17. The zero-order valence-corrected chi connectivity index (χ0v) is 55.7. The SMILES string of the molecule is C1CCOC1.CCN(CC)CC.COc1cc(CN2C(=O)c3cccc(N4CCN([C@H](C)c5ccccc5)CC4)c3C2=O)ccc1O.COc1cc(CN2C(=O)c3cccc(N4CCN([C@H](C)c5ccccc5)CC4)c3C2=O)ccc1O[Si](C)(C)C(C)(C)C. The van der Waals surface area contributed by atoms with Crippen LogP contribution in [0.5, 0.6) is 23.0 Å². The van der Waals surface area contributed by atoms with E-state index in [9.17, 15) is 24.3 Å². The molecular weight excluding hydrogens is 1130 g/mol. The number of piperazine rings is 2. The fourth-order valence-corrected chi connectivity index (χ4v) is 12.7. The van der Waals surface area contributed by atoms with Gasteiger partial charge in [-0.1, -0.05) is 126 Å². The van der Waals surface area contributed by atoms with E-state index in [-0.39, 0.29) is 47.5 Å². The molecule has 0 aromatic heterocycles. The van der Waals surface area contributed by atoms with E-state index in [2.05, 4.69) is 142 Å². The van der Waals surface area contributed by atoms with Crippen molar-refractivity contribution < 1.29 is 42.9 Å². The summed E-state index contributed by atoms with van der Waals surface area (Å²) >= 11 is 0. The highest BCUT2D eigenvalue weighted by molar-refractivity contribution is 6.74. The third kappa shape index (κ3) is 16.1. The highest BCUT2D eigenvalue weighted by Gasteiger charge is 2.42. The van der Waals surface area contributed by atoms with Crippen molar-refractivity contribution in [1.29, 1.82) is 0 Å². The molecule has 16 nitrogen and oxygen atoms in total. The van der Waals surface area contributed by atoms with Crippen molar-refractivity contribution >= 4 is 43.3 Å². The number of benzene rings is 6. The first kappa shape index (κ1) is 67.4. The number of imide groups is 2. The first-order chi connectivity index (χ1) is 42.7. The van der Waals surface area contributed by atoms with Crippen LogP contribution in [0.25, 0.3) is 0 Å². The number of aromatic hydroxyl groups is 1. The Morgan fingerprint density at radius 3 is 1.31 bits per heavy atom. The van der Waals surface area contributed by atoms with Gasteiger partial charge in [-0.3, -0.25) is 38.8 Å². The Kier molecular flexibility index (Phi) is 23.3. The summed E-state index contributed by atoms with van der Waals surface area (Å²) in [5.74, 6) is 0.544. The van der Waals surface area contributed by atoms with Crippen LogP contribution in [-0.4, -0.2) is 161 Å². The molecule has 476 valence electrons. The molecular formula is C72H95N7O9Si. The molecule has 0 unspecified atom stereocenters. The molecule has 0 spiro atoms. The smallest absolute Gasteiger partial charge is 0.263 e. The lowest BCUT2D eigenvalue weighted by molar-refractivity contribution is 0.0627. The summed E-state index contributed by atoms with van der Waals surface area (Å²) in [6, 6.07) is 43.3. The van der Waals surface area contributed by atoms with Crippen LogP contribution in [0.4, 0.5) is 11.4 Å². The average Bonchev–Trinajstić information content (AvgIpc) is 1.77. The third-order valence-corrected chi connectivity index (χ3v) is 22.8. The Hall–Kier alpha value is -7.54. The fraction of sp³-hybridized carbons (Fsp3) is 0.444. The first-order valence-electron chi connectivity index (χ1n) is 31.8. The van der Waals surface area contributed by atoms with Gasteiger partial charge in [-0.05, 0) is 135 Å². The second kappa shape index (κ2) is 30.8. The Morgan fingerprint density at radius 1 is 0.528 bits per heavy atom. The molecule has 0 saturated carbocycles. The summed E-state index contributed by atoms with van der Waals surface area (Å²) in [6.45, 7) is 34.5. The van der Waals surface area contributed by atoms with Crippen LogP contribution in [0, 0.1) is 0 Å². The van der Waals surface area contributed by atoms with Crippen LogP contribution >= 0.6 is 0 Å². The topological polar surface area (TPSA) is 148 Å². The van der Waals surface area contributed by atoms with Gasteiger partial charge in [0, 0.05) is 77.7 Å². The number of methoxy groups -OCH3 is 2. The number of ether oxygens (including phenoxy) is 3. The Labute approximate surface area is 530 Å². The van der Waals surface area contributed by atoms with Crippen LogP contribution < -0.4 is 23.7 Å². The quantitative estimate of drug-likeness (QED) is 0.0682. The van der Waals surface area contributed by atoms with Gasteiger partial charge in [-0.25, -0.2) is 0 Å². The summed E-state index contributed by atoms with van der Waals surface area (Å²) < 4.78 is 22.3. The van der Waals surface area contributed by atoms with Crippen LogP contribution in [0.15, 0.2) is 133 Å². The Balaban J connectivity index is 0.000000196. The van der Waals surface area contributed by atoms with Gasteiger partial charge in [0.05, 0.1) is 60.9 Å². The highest BCUT2D eigenvalue weighted by Crippen LogP contribution is 2.42. The molecule has 3 saturated heterocycles. The Bertz CT molecular complexity index is 3320. The lowest BCUT2D eigenvalue weighted by atomic mass is 10.0. The molecule has 0 bridgehead atoms. The summed E-state index contributed by atoms with van der Waals surface area (Å²) in [4.78, 5) is 68.3. The minimum atomic E-state index is -2.07. The standard InChI is InChI=1S/C34H43N3O4Si.C28H29N3O4.C6H15N.C4H8O/c1-24(26-12-9-8-10-13-26)35-18-20-36(21-19-35)28-15-11-14-27-31(28)33(39)37(32(27)38)23-25-16-17-29(30(22-25)40-5)41-42(6,7)34(2,3)4;1-19(21-7-4-3-5-8-21)29-13-15-30(16-14-29)23-10-6-9-22-26(23)28(34)31(27(22)33)18-20-11-12-24(32)25(17-20)35-2;1-4-7(5-2)6-3;1-2-4-5-3-1/h8-17,22,24H,18-21,23H2,1-7H3;3-12,17,19,32H,13-16,18H2,1-2H3;4-6H2,1-3H3;1-4H2/t24-;19-;;/m11../s1. The monoisotopic (exact) mass is 1230 g/mol. The third-order valence-electron chi connectivity index (χ3n) is 18.4. The Morgan fingerprint density at radius 2 is 0.944 bits per heavy atom. The number of phenols is 1. The van der Waals surface area contributed by atoms with Crippen LogP contribution in [0.1, 0.15) is 144 Å². The number of hydrogen-bond donors (Lipinski definition) is 1. The van der Waals surface area contributed by atoms with E-state index in [4.69, 9.17) is 18.6 Å². The number of phenolic OH excluding ortho intramolecular Hbond substituents is 1. The van der Waals surface area contributed by atoms with E-state index in [1.54, 1.807) is 31.4 Å². The summed E-state index contributed by atoms with van der Waals surface area (Å²) in [7, 11) is 1.01. The van der Waals surface area contributed by atoms with Crippen molar-refractivity contribution in [2.24, 2.45) is 0 Å². The predicted octanol–water partition coefficient (Wildman–Crippen LogP) is 13.0. The molecule has 0 aliphatic carbocycles. The maximum absolute atomic E-state index is 13.8. The van der Waals surface area contributed by atoms with Crippen LogP contribution in [-0.2, 0) is 17.8 Å². The fourth-order valence-electron chi connectivity index (χ4n) is 11.7. The maximum atomic E-state index is 13.8. The van der Waals surface area contributed by atoms with Crippen molar-refractivity contribution in [2.45, 2.75) is 112 Å².